The highest BCUT2D eigenvalue weighted by molar-refractivity contribution is 5.97. The van der Waals surface area contributed by atoms with Crippen molar-refractivity contribution in [2.75, 3.05) is 12.3 Å². The molecule has 2 atom stereocenters. The lowest BCUT2D eigenvalue weighted by Gasteiger charge is -2.26. The molecule has 2 unspecified atom stereocenters. The van der Waals surface area contributed by atoms with Crippen LogP contribution in [0.4, 0.5) is 10.1 Å². The Bertz CT molecular complexity index is 744. The molecule has 1 fully saturated rings. The van der Waals surface area contributed by atoms with Gasteiger partial charge in [-0.25, -0.2) is 4.39 Å². The summed E-state index contributed by atoms with van der Waals surface area (Å²) in [6, 6.07) is 11.8. The summed E-state index contributed by atoms with van der Waals surface area (Å²) >= 11 is 0. The molecule has 120 valence electrons. The predicted molar refractivity (Wildman–Crippen MR) is 89.5 cm³/mol. The van der Waals surface area contributed by atoms with Crippen molar-refractivity contribution in [2.24, 2.45) is 5.92 Å². The summed E-state index contributed by atoms with van der Waals surface area (Å²) in [5.74, 6) is 0.00558. The van der Waals surface area contributed by atoms with Gasteiger partial charge in [0.05, 0.1) is 6.04 Å². The average molecular weight is 312 g/mol. The van der Waals surface area contributed by atoms with E-state index in [1.807, 2.05) is 19.1 Å². The molecule has 2 N–H and O–H groups in total. The first-order valence-electron chi connectivity index (χ1n) is 7.89. The van der Waals surface area contributed by atoms with Gasteiger partial charge < -0.3 is 10.6 Å². The second kappa shape index (κ2) is 6.03. The highest BCUT2D eigenvalue weighted by atomic mass is 19.1. The number of benzene rings is 2. The fourth-order valence-electron chi connectivity index (χ4n) is 3.34. The molecule has 0 aromatic heterocycles. The Morgan fingerprint density at radius 3 is 2.74 bits per heavy atom. The van der Waals surface area contributed by atoms with E-state index in [1.54, 1.807) is 29.2 Å². The summed E-state index contributed by atoms with van der Waals surface area (Å²) < 4.78 is 14.2. The molecule has 1 saturated heterocycles. The minimum absolute atomic E-state index is 0.0765. The van der Waals surface area contributed by atoms with Crippen molar-refractivity contribution in [3.05, 3.63) is 65.0 Å². The van der Waals surface area contributed by atoms with Crippen molar-refractivity contribution < 1.29 is 9.18 Å². The third kappa shape index (κ3) is 2.93. The Hall–Kier alpha value is -2.36. The number of aryl methyl sites for hydroxylation is 1. The lowest BCUT2D eigenvalue weighted by molar-refractivity contribution is 0.0729. The summed E-state index contributed by atoms with van der Waals surface area (Å²) in [6.45, 7) is 4.61. The maximum absolute atomic E-state index is 14.2. The van der Waals surface area contributed by atoms with Crippen LogP contribution in [-0.4, -0.2) is 17.4 Å². The van der Waals surface area contributed by atoms with E-state index < -0.39 is 0 Å². The van der Waals surface area contributed by atoms with Crippen molar-refractivity contribution in [2.45, 2.75) is 26.3 Å². The van der Waals surface area contributed by atoms with E-state index in [0.29, 0.717) is 29.3 Å². The van der Waals surface area contributed by atoms with Crippen molar-refractivity contribution in [1.29, 1.82) is 0 Å². The molecule has 0 radical (unpaired) electrons. The molecule has 1 aliphatic rings. The number of hydrogen-bond donors (Lipinski definition) is 1. The number of anilines is 1. The van der Waals surface area contributed by atoms with Gasteiger partial charge in [-0.1, -0.05) is 31.2 Å². The van der Waals surface area contributed by atoms with Gasteiger partial charge in [0.1, 0.15) is 5.82 Å². The van der Waals surface area contributed by atoms with Gasteiger partial charge in [-0.3, -0.25) is 4.79 Å². The Balaban J connectivity index is 1.98. The van der Waals surface area contributed by atoms with Crippen LogP contribution in [0.25, 0.3) is 0 Å². The number of likely N-dealkylation sites (tertiary alicyclic amines) is 1. The smallest absolute Gasteiger partial charge is 0.254 e. The summed E-state index contributed by atoms with van der Waals surface area (Å²) in [4.78, 5) is 14.8. The van der Waals surface area contributed by atoms with Gasteiger partial charge in [-0.05, 0) is 43.0 Å². The molecule has 23 heavy (non-hydrogen) atoms. The standard InChI is InChI=1S/C19H21FN2O/c1-12-9-18(15-5-3-4-6-17(15)20)22(11-12)19(23)16-10-14(21)8-7-13(16)2/h3-8,10,12,18H,9,11,21H2,1-2H3. The van der Waals surface area contributed by atoms with E-state index in [1.165, 1.54) is 6.07 Å². The SMILES string of the molecule is Cc1ccc(N)cc1C(=O)N1CC(C)CC1c1ccccc1F. The van der Waals surface area contributed by atoms with E-state index in [9.17, 15) is 9.18 Å². The molecule has 1 aliphatic heterocycles. The highest BCUT2D eigenvalue weighted by Gasteiger charge is 2.36. The normalized spacial score (nSPS) is 20.7. The fourth-order valence-corrected chi connectivity index (χ4v) is 3.34. The molecule has 0 aliphatic carbocycles. The third-order valence-corrected chi connectivity index (χ3v) is 4.53. The zero-order valence-corrected chi connectivity index (χ0v) is 13.4. The van der Waals surface area contributed by atoms with E-state index in [2.05, 4.69) is 6.92 Å². The molecule has 4 heteroatoms. The molecule has 2 aromatic carbocycles. The van der Waals surface area contributed by atoms with Gasteiger partial charge in [0.15, 0.2) is 0 Å². The van der Waals surface area contributed by atoms with Crippen molar-refractivity contribution >= 4 is 11.6 Å². The summed E-state index contributed by atoms with van der Waals surface area (Å²) in [5.41, 5.74) is 8.47. The van der Waals surface area contributed by atoms with Crippen molar-refractivity contribution in [3.8, 4) is 0 Å². The lowest BCUT2D eigenvalue weighted by atomic mass is 9.99. The second-order valence-corrected chi connectivity index (χ2v) is 6.41. The van der Waals surface area contributed by atoms with Crippen LogP contribution >= 0.6 is 0 Å². The minimum atomic E-state index is -0.256. The lowest BCUT2D eigenvalue weighted by Crippen LogP contribution is -2.32. The van der Waals surface area contributed by atoms with Crippen molar-refractivity contribution in [3.63, 3.8) is 0 Å². The van der Waals surface area contributed by atoms with Gasteiger partial charge in [-0.15, -0.1) is 0 Å². The second-order valence-electron chi connectivity index (χ2n) is 6.41. The monoisotopic (exact) mass is 312 g/mol. The Morgan fingerprint density at radius 1 is 1.26 bits per heavy atom. The Kier molecular flexibility index (Phi) is 4.07. The van der Waals surface area contributed by atoms with Crippen LogP contribution in [0.1, 0.15) is 40.9 Å². The molecule has 3 rings (SSSR count). The minimum Gasteiger partial charge on any atom is -0.399 e. The van der Waals surface area contributed by atoms with Crippen LogP contribution in [0.5, 0.6) is 0 Å². The molecule has 1 heterocycles. The van der Waals surface area contributed by atoms with Crippen LogP contribution in [0.2, 0.25) is 0 Å². The molecule has 0 saturated carbocycles. The first-order chi connectivity index (χ1) is 11.0. The predicted octanol–water partition coefficient (Wildman–Crippen LogP) is 3.94. The van der Waals surface area contributed by atoms with Gasteiger partial charge in [-0.2, -0.15) is 0 Å². The zero-order chi connectivity index (χ0) is 16.6. The Labute approximate surface area is 135 Å². The summed E-state index contributed by atoms with van der Waals surface area (Å²) in [5, 5.41) is 0. The topological polar surface area (TPSA) is 46.3 Å². The van der Waals surface area contributed by atoms with Crippen molar-refractivity contribution in [1.82, 2.24) is 4.90 Å². The van der Waals surface area contributed by atoms with Crippen LogP contribution < -0.4 is 5.73 Å². The highest BCUT2D eigenvalue weighted by Crippen LogP contribution is 2.37. The van der Waals surface area contributed by atoms with Gasteiger partial charge in [0, 0.05) is 23.4 Å². The molecule has 0 bridgehead atoms. The number of carbonyl (C=O) groups is 1. The largest absolute Gasteiger partial charge is 0.399 e. The Morgan fingerprint density at radius 2 is 2.00 bits per heavy atom. The van der Waals surface area contributed by atoms with Crippen LogP contribution in [-0.2, 0) is 0 Å². The van der Waals surface area contributed by atoms with Crippen LogP contribution in [0, 0.1) is 18.7 Å². The van der Waals surface area contributed by atoms with E-state index in [0.717, 1.165) is 12.0 Å². The third-order valence-electron chi connectivity index (χ3n) is 4.53. The van der Waals surface area contributed by atoms with Crippen LogP contribution in [0.15, 0.2) is 42.5 Å². The van der Waals surface area contributed by atoms with E-state index >= 15 is 0 Å². The maximum atomic E-state index is 14.2. The number of amides is 1. The van der Waals surface area contributed by atoms with E-state index in [-0.39, 0.29) is 17.8 Å². The van der Waals surface area contributed by atoms with E-state index in [4.69, 9.17) is 5.73 Å². The van der Waals surface area contributed by atoms with Gasteiger partial charge in [0.25, 0.3) is 5.91 Å². The van der Waals surface area contributed by atoms with Crippen LogP contribution in [0.3, 0.4) is 0 Å². The zero-order valence-electron chi connectivity index (χ0n) is 13.4. The number of hydrogen-bond acceptors (Lipinski definition) is 2. The molecule has 2 aromatic rings. The molecular formula is C19H21FN2O. The number of nitrogens with two attached hydrogens (primary N) is 1. The van der Waals surface area contributed by atoms with Gasteiger partial charge in [0.2, 0.25) is 0 Å². The number of halogens is 1. The average Bonchev–Trinajstić information content (AvgIpc) is 2.91. The first kappa shape index (κ1) is 15.5. The first-order valence-corrected chi connectivity index (χ1v) is 7.89. The molecule has 0 spiro atoms. The fraction of sp³-hybridized carbons (Fsp3) is 0.316. The summed E-state index contributed by atoms with van der Waals surface area (Å²) in [6.07, 6.45) is 0.772. The molecule has 1 amide bonds. The molecule has 3 nitrogen and oxygen atoms in total. The maximum Gasteiger partial charge on any atom is 0.254 e. The number of carbonyl (C=O) groups excluding carboxylic acids is 1. The molecular weight excluding hydrogens is 291 g/mol. The summed E-state index contributed by atoms with van der Waals surface area (Å²) in [7, 11) is 0. The number of rotatable bonds is 2. The number of nitrogen functional groups attached to an aromatic ring is 1. The number of nitrogens with zero attached hydrogens (tertiary/aromatic N) is 1. The quantitative estimate of drug-likeness (QED) is 0.854. The van der Waals surface area contributed by atoms with Gasteiger partial charge >= 0.3 is 0 Å².